The van der Waals surface area contributed by atoms with Gasteiger partial charge in [-0.15, -0.1) is 0 Å². The van der Waals surface area contributed by atoms with Crippen molar-refractivity contribution >= 4 is 5.97 Å². The zero-order valence-corrected chi connectivity index (χ0v) is 10.3. The lowest BCUT2D eigenvalue weighted by molar-refractivity contribution is 0.0597. The molecule has 0 saturated carbocycles. The summed E-state index contributed by atoms with van der Waals surface area (Å²) in [4.78, 5) is 11.5. The molecule has 0 atom stereocenters. The summed E-state index contributed by atoms with van der Waals surface area (Å²) < 4.78 is 4.63. The molecule has 92 valence electrons. The van der Waals surface area contributed by atoms with Crippen LogP contribution < -0.4 is 0 Å². The molecule has 18 heavy (non-hydrogen) atoms. The smallest absolute Gasteiger partial charge is 0.341 e. The van der Waals surface area contributed by atoms with E-state index in [1.165, 1.54) is 13.2 Å². The lowest BCUT2D eigenvalue weighted by atomic mass is 10.0. The second kappa shape index (κ2) is 4.92. The fourth-order valence-corrected chi connectivity index (χ4v) is 1.81. The molecular weight excluding hydrogens is 228 g/mol. The summed E-state index contributed by atoms with van der Waals surface area (Å²) in [5, 5.41) is 9.64. The maximum absolute atomic E-state index is 11.5. The number of hydrogen-bond acceptors (Lipinski definition) is 3. The maximum atomic E-state index is 11.5. The minimum absolute atomic E-state index is 0.0711. The van der Waals surface area contributed by atoms with Crippen LogP contribution in [0.1, 0.15) is 15.9 Å². The number of carbonyl (C=O) groups is 1. The van der Waals surface area contributed by atoms with Gasteiger partial charge in [0.25, 0.3) is 0 Å². The van der Waals surface area contributed by atoms with Gasteiger partial charge in [-0.3, -0.25) is 0 Å². The van der Waals surface area contributed by atoms with E-state index in [1.54, 1.807) is 12.1 Å². The van der Waals surface area contributed by atoms with Crippen LogP contribution in [0.15, 0.2) is 42.5 Å². The first-order valence-corrected chi connectivity index (χ1v) is 5.60. The van der Waals surface area contributed by atoms with Crippen molar-refractivity contribution in [1.29, 1.82) is 0 Å². The number of esters is 1. The van der Waals surface area contributed by atoms with Gasteiger partial charge in [-0.1, -0.05) is 35.9 Å². The maximum Gasteiger partial charge on any atom is 0.341 e. The van der Waals surface area contributed by atoms with E-state index in [9.17, 15) is 9.90 Å². The summed E-state index contributed by atoms with van der Waals surface area (Å²) in [6.45, 7) is 2.01. The van der Waals surface area contributed by atoms with Gasteiger partial charge >= 0.3 is 5.97 Å². The van der Waals surface area contributed by atoms with Gasteiger partial charge in [0.05, 0.1) is 7.11 Å². The Morgan fingerprint density at radius 1 is 1.11 bits per heavy atom. The van der Waals surface area contributed by atoms with Crippen molar-refractivity contribution < 1.29 is 14.6 Å². The van der Waals surface area contributed by atoms with Crippen molar-refractivity contribution in [1.82, 2.24) is 0 Å². The van der Waals surface area contributed by atoms with E-state index in [1.807, 2.05) is 31.2 Å². The Balaban J connectivity index is 2.50. The van der Waals surface area contributed by atoms with Crippen molar-refractivity contribution in [3.8, 4) is 16.9 Å². The van der Waals surface area contributed by atoms with Crippen LogP contribution in [0.5, 0.6) is 5.75 Å². The molecule has 2 aromatic carbocycles. The fraction of sp³-hybridized carbons (Fsp3) is 0.133. The molecule has 0 fully saturated rings. The number of phenolic OH excluding ortho intramolecular Hbond substituents is 1. The second-order valence-corrected chi connectivity index (χ2v) is 4.09. The number of carbonyl (C=O) groups excluding carboxylic acids is 1. The van der Waals surface area contributed by atoms with Crippen molar-refractivity contribution in [3.05, 3.63) is 53.6 Å². The molecule has 3 heteroatoms. The SMILES string of the molecule is COC(=O)c1cc(-c2cccc(C)c2)ccc1O. The van der Waals surface area contributed by atoms with E-state index >= 15 is 0 Å². The summed E-state index contributed by atoms with van der Waals surface area (Å²) in [6.07, 6.45) is 0. The van der Waals surface area contributed by atoms with Gasteiger partial charge < -0.3 is 9.84 Å². The third-order valence-corrected chi connectivity index (χ3v) is 2.75. The highest BCUT2D eigenvalue weighted by Crippen LogP contribution is 2.26. The highest BCUT2D eigenvalue weighted by atomic mass is 16.5. The number of hydrogen-bond donors (Lipinski definition) is 1. The van der Waals surface area contributed by atoms with Crippen molar-refractivity contribution in [2.75, 3.05) is 7.11 Å². The zero-order chi connectivity index (χ0) is 13.1. The quantitative estimate of drug-likeness (QED) is 0.823. The van der Waals surface area contributed by atoms with Crippen LogP contribution in [0.3, 0.4) is 0 Å². The Kier molecular flexibility index (Phi) is 3.33. The molecule has 0 spiro atoms. The first-order chi connectivity index (χ1) is 8.61. The Hall–Kier alpha value is -2.29. The summed E-state index contributed by atoms with van der Waals surface area (Å²) in [7, 11) is 1.29. The molecule has 2 aromatic rings. The van der Waals surface area contributed by atoms with Crippen LogP contribution in [0.4, 0.5) is 0 Å². The van der Waals surface area contributed by atoms with Gasteiger partial charge in [0.15, 0.2) is 0 Å². The predicted molar refractivity (Wildman–Crippen MR) is 69.6 cm³/mol. The second-order valence-electron chi connectivity index (χ2n) is 4.09. The summed E-state index contributed by atoms with van der Waals surface area (Å²) >= 11 is 0. The standard InChI is InChI=1S/C15H14O3/c1-10-4-3-5-11(8-10)12-6-7-14(16)13(9-12)15(17)18-2/h3-9,16H,1-2H3. The van der Waals surface area contributed by atoms with E-state index in [-0.39, 0.29) is 11.3 Å². The van der Waals surface area contributed by atoms with E-state index in [0.29, 0.717) is 0 Å². The largest absolute Gasteiger partial charge is 0.507 e. The highest BCUT2D eigenvalue weighted by Gasteiger charge is 2.12. The van der Waals surface area contributed by atoms with Gasteiger partial charge in [-0.25, -0.2) is 4.79 Å². The Morgan fingerprint density at radius 3 is 2.50 bits per heavy atom. The van der Waals surface area contributed by atoms with Crippen molar-refractivity contribution in [2.24, 2.45) is 0 Å². The molecule has 0 aliphatic carbocycles. The lowest BCUT2D eigenvalue weighted by Gasteiger charge is -2.07. The number of methoxy groups -OCH3 is 1. The Morgan fingerprint density at radius 2 is 1.83 bits per heavy atom. The van der Waals surface area contributed by atoms with Gasteiger partial charge in [0, 0.05) is 0 Å². The lowest BCUT2D eigenvalue weighted by Crippen LogP contribution is -2.01. The molecule has 0 aliphatic rings. The van der Waals surface area contributed by atoms with Crippen molar-refractivity contribution in [2.45, 2.75) is 6.92 Å². The Labute approximate surface area is 106 Å². The van der Waals surface area contributed by atoms with Gasteiger partial charge in [-0.05, 0) is 30.2 Å². The normalized spacial score (nSPS) is 10.1. The van der Waals surface area contributed by atoms with Crippen LogP contribution in [0, 0.1) is 6.92 Å². The number of aromatic hydroxyl groups is 1. The number of aryl methyl sites for hydroxylation is 1. The van der Waals surface area contributed by atoms with Crippen molar-refractivity contribution in [3.63, 3.8) is 0 Å². The summed E-state index contributed by atoms with van der Waals surface area (Å²) in [6, 6.07) is 12.9. The van der Waals surface area contributed by atoms with Gasteiger partial charge in [0.2, 0.25) is 0 Å². The van der Waals surface area contributed by atoms with Gasteiger partial charge in [-0.2, -0.15) is 0 Å². The van der Waals surface area contributed by atoms with Crippen LogP contribution in [0.25, 0.3) is 11.1 Å². The molecular formula is C15H14O3. The Bertz CT molecular complexity index is 588. The van der Waals surface area contributed by atoms with Crippen LogP contribution in [-0.2, 0) is 4.74 Å². The number of rotatable bonds is 2. The number of ether oxygens (including phenoxy) is 1. The average molecular weight is 242 g/mol. The zero-order valence-electron chi connectivity index (χ0n) is 10.3. The van der Waals surface area contributed by atoms with Crippen LogP contribution in [-0.4, -0.2) is 18.2 Å². The molecule has 0 heterocycles. The first-order valence-electron chi connectivity index (χ1n) is 5.60. The molecule has 0 aliphatic heterocycles. The molecule has 0 unspecified atom stereocenters. The first kappa shape index (κ1) is 12.2. The van der Waals surface area contributed by atoms with E-state index in [2.05, 4.69) is 4.74 Å². The number of phenols is 1. The highest BCUT2D eigenvalue weighted by molar-refractivity contribution is 5.94. The monoisotopic (exact) mass is 242 g/mol. The molecule has 1 N–H and O–H groups in total. The summed E-state index contributed by atoms with van der Waals surface area (Å²) in [5.74, 6) is -0.611. The molecule has 0 bridgehead atoms. The van der Waals surface area contributed by atoms with Crippen LogP contribution >= 0.6 is 0 Å². The molecule has 2 rings (SSSR count). The minimum Gasteiger partial charge on any atom is -0.507 e. The third kappa shape index (κ3) is 2.35. The van der Waals surface area contributed by atoms with Crippen LogP contribution in [0.2, 0.25) is 0 Å². The molecule has 3 nitrogen and oxygen atoms in total. The average Bonchev–Trinajstić information content (AvgIpc) is 2.38. The molecule has 0 aromatic heterocycles. The van der Waals surface area contributed by atoms with Gasteiger partial charge in [0.1, 0.15) is 11.3 Å². The number of benzene rings is 2. The topological polar surface area (TPSA) is 46.5 Å². The molecule has 0 radical (unpaired) electrons. The molecule has 0 amide bonds. The molecule has 0 saturated heterocycles. The van der Waals surface area contributed by atoms with E-state index < -0.39 is 5.97 Å². The minimum atomic E-state index is -0.540. The third-order valence-electron chi connectivity index (χ3n) is 2.75. The van der Waals surface area contributed by atoms with E-state index in [0.717, 1.165) is 16.7 Å². The van der Waals surface area contributed by atoms with E-state index in [4.69, 9.17) is 0 Å². The summed E-state index contributed by atoms with van der Waals surface area (Å²) in [5.41, 5.74) is 3.19. The fourth-order valence-electron chi connectivity index (χ4n) is 1.81. The predicted octanol–water partition coefficient (Wildman–Crippen LogP) is 3.15.